The second kappa shape index (κ2) is 6.15. The number of alkyl halides is 1. The van der Waals surface area contributed by atoms with Crippen molar-refractivity contribution < 1.29 is 8.42 Å². The Bertz CT molecular complexity index is 437. The monoisotopic (exact) mass is 409 g/mol. The van der Waals surface area contributed by atoms with Crippen molar-refractivity contribution in [3.63, 3.8) is 0 Å². The van der Waals surface area contributed by atoms with Crippen LogP contribution in [0.2, 0.25) is 5.02 Å². The van der Waals surface area contributed by atoms with Gasteiger partial charge < -0.3 is 0 Å². The van der Waals surface area contributed by atoms with Gasteiger partial charge in [-0.25, -0.2) is 13.1 Å². The molecule has 1 aromatic heterocycles. The molecular formula is C8H10Br2ClNO2S2. The first-order chi connectivity index (χ1) is 7.40. The Balaban J connectivity index is 2.94. The van der Waals surface area contributed by atoms with Crippen molar-refractivity contribution in [2.45, 2.75) is 23.6 Å². The Morgan fingerprint density at radius 3 is 2.62 bits per heavy atom. The first-order valence-electron chi connectivity index (χ1n) is 4.43. The first-order valence-corrected chi connectivity index (χ1v) is 9.03. The van der Waals surface area contributed by atoms with Crippen LogP contribution in [0.25, 0.3) is 0 Å². The highest BCUT2D eigenvalue weighted by atomic mass is 79.9. The van der Waals surface area contributed by atoms with Crippen LogP contribution in [0.1, 0.15) is 13.3 Å². The Labute approximate surface area is 121 Å². The van der Waals surface area contributed by atoms with Crippen LogP contribution in [0, 0.1) is 0 Å². The van der Waals surface area contributed by atoms with Crippen molar-refractivity contribution >= 4 is 64.8 Å². The third kappa shape index (κ3) is 3.68. The molecule has 0 bridgehead atoms. The Hall–Kier alpha value is 0.860. The van der Waals surface area contributed by atoms with E-state index in [1.54, 1.807) is 0 Å². The number of hydrogen-bond donors (Lipinski definition) is 1. The van der Waals surface area contributed by atoms with E-state index in [0.29, 0.717) is 14.1 Å². The average Bonchev–Trinajstić information content (AvgIpc) is 2.56. The highest BCUT2D eigenvalue weighted by Crippen LogP contribution is 2.34. The molecule has 0 amide bonds. The number of nitrogens with one attached hydrogen (secondary N) is 1. The minimum absolute atomic E-state index is 0.107. The molecule has 1 atom stereocenters. The highest BCUT2D eigenvalue weighted by molar-refractivity contribution is 9.11. The third-order valence-electron chi connectivity index (χ3n) is 1.89. The topological polar surface area (TPSA) is 46.2 Å². The lowest BCUT2D eigenvalue weighted by Crippen LogP contribution is -2.35. The summed E-state index contributed by atoms with van der Waals surface area (Å²) in [6.45, 7) is 1.92. The van der Waals surface area contributed by atoms with Crippen molar-refractivity contribution in [1.29, 1.82) is 0 Å². The van der Waals surface area contributed by atoms with E-state index in [1.165, 1.54) is 6.07 Å². The van der Waals surface area contributed by atoms with Gasteiger partial charge in [0.1, 0.15) is 4.21 Å². The fourth-order valence-corrected chi connectivity index (χ4v) is 5.53. The zero-order chi connectivity index (χ0) is 12.3. The number of hydrogen-bond acceptors (Lipinski definition) is 3. The van der Waals surface area contributed by atoms with Crippen LogP contribution in [-0.2, 0) is 10.0 Å². The van der Waals surface area contributed by atoms with Crippen LogP contribution in [0.4, 0.5) is 0 Å². The first kappa shape index (κ1) is 14.9. The normalized spacial score (nSPS) is 14.0. The van der Waals surface area contributed by atoms with Crippen molar-refractivity contribution in [1.82, 2.24) is 4.72 Å². The van der Waals surface area contributed by atoms with Crippen LogP contribution in [0.15, 0.2) is 14.1 Å². The molecule has 0 saturated carbocycles. The van der Waals surface area contributed by atoms with Gasteiger partial charge in [0.25, 0.3) is 0 Å². The summed E-state index contributed by atoms with van der Waals surface area (Å²) in [5.41, 5.74) is 0. The van der Waals surface area contributed by atoms with E-state index in [-0.39, 0.29) is 10.3 Å². The maximum Gasteiger partial charge on any atom is 0.250 e. The van der Waals surface area contributed by atoms with Crippen molar-refractivity contribution in [2.24, 2.45) is 0 Å². The van der Waals surface area contributed by atoms with Gasteiger partial charge in [0.15, 0.2) is 0 Å². The summed E-state index contributed by atoms with van der Waals surface area (Å²) in [7, 11) is -3.46. The lowest BCUT2D eigenvalue weighted by atomic mass is 10.3. The minimum Gasteiger partial charge on any atom is -0.207 e. The van der Waals surface area contributed by atoms with Crippen molar-refractivity contribution in [3.05, 3.63) is 14.9 Å². The largest absolute Gasteiger partial charge is 0.250 e. The molecular weight excluding hydrogens is 401 g/mol. The maximum absolute atomic E-state index is 11.9. The second-order valence-corrected chi connectivity index (χ2v) is 8.43. The summed E-state index contributed by atoms with van der Waals surface area (Å²) >= 11 is 13.4. The van der Waals surface area contributed by atoms with Gasteiger partial charge >= 0.3 is 0 Å². The molecule has 1 aromatic rings. The number of thiophene rings is 1. The van der Waals surface area contributed by atoms with Crippen molar-refractivity contribution in [3.8, 4) is 0 Å². The van der Waals surface area contributed by atoms with Gasteiger partial charge in [0.2, 0.25) is 10.0 Å². The number of rotatable bonds is 5. The third-order valence-corrected chi connectivity index (χ3v) is 7.14. The minimum atomic E-state index is -3.46. The van der Waals surface area contributed by atoms with E-state index in [2.05, 4.69) is 36.6 Å². The zero-order valence-electron chi connectivity index (χ0n) is 8.34. The van der Waals surface area contributed by atoms with Gasteiger partial charge in [0, 0.05) is 11.4 Å². The van der Waals surface area contributed by atoms with E-state index < -0.39 is 10.0 Å². The fraction of sp³-hybridized carbons (Fsp3) is 0.500. The van der Waals surface area contributed by atoms with Gasteiger partial charge in [-0.3, -0.25) is 0 Å². The van der Waals surface area contributed by atoms with Gasteiger partial charge in [-0.1, -0.05) is 34.5 Å². The molecule has 8 heteroatoms. The molecule has 92 valence electrons. The Morgan fingerprint density at radius 2 is 2.25 bits per heavy atom. The SMILES string of the molecule is CCC(CBr)NS(=O)(=O)c1cc(Cl)c(Br)s1. The van der Waals surface area contributed by atoms with Gasteiger partial charge in [-0.05, 0) is 28.4 Å². The molecule has 0 saturated heterocycles. The summed E-state index contributed by atoms with van der Waals surface area (Å²) in [5, 5.41) is 1.00. The van der Waals surface area contributed by atoms with Gasteiger partial charge in [-0.15, -0.1) is 11.3 Å². The molecule has 16 heavy (non-hydrogen) atoms. The Morgan fingerprint density at radius 1 is 1.62 bits per heavy atom. The maximum atomic E-state index is 11.9. The summed E-state index contributed by atoms with van der Waals surface area (Å²) in [6.07, 6.45) is 0.727. The summed E-state index contributed by atoms with van der Waals surface area (Å²) < 4.78 is 27.3. The van der Waals surface area contributed by atoms with Gasteiger partial charge in [0.05, 0.1) is 8.81 Å². The summed E-state index contributed by atoms with van der Waals surface area (Å²) in [6, 6.07) is 1.34. The van der Waals surface area contributed by atoms with E-state index >= 15 is 0 Å². The molecule has 0 radical (unpaired) electrons. The smallest absolute Gasteiger partial charge is 0.207 e. The van der Waals surface area contributed by atoms with E-state index in [0.717, 1.165) is 17.8 Å². The molecule has 0 aliphatic rings. The standard InChI is InChI=1S/C8H10Br2ClNO2S2/c1-2-5(4-9)12-16(13,14)7-3-6(11)8(10)15-7/h3,5,12H,2,4H2,1H3. The molecule has 1 N–H and O–H groups in total. The molecule has 1 heterocycles. The molecule has 3 nitrogen and oxygen atoms in total. The molecule has 0 aliphatic carbocycles. The number of halogens is 3. The molecule has 0 aliphatic heterocycles. The summed E-state index contributed by atoms with van der Waals surface area (Å²) in [4.78, 5) is 0. The highest BCUT2D eigenvalue weighted by Gasteiger charge is 2.21. The molecule has 0 fully saturated rings. The van der Waals surface area contributed by atoms with E-state index in [9.17, 15) is 8.42 Å². The summed E-state index contributed by atoms with van der Waals surface area (Å²) in [5.74, 6) is 0. The molecule has 1 rings (SSSR count). The molecule has 0 spiro atoms. The lowest BCUT2D eigenvalue weighted by Gasteiger charge is -2.12. The second-order valence-electron chi connectivity index (χ2n) is 3.07. The lowest BCUT2D eigenvalue weighted by molar-refractivity contribution is 0.561. The average molecular weight is 412 g/mol. The van der Waals surface area contributed by atoms with Crippen molar-refractivity contribution in [2.75, 3.05) is 5.33 Å². The molecule has 1 unspecified atom stereocenters. The predicted molar refractivity (Wildman–Crippen MR) is 75.2 cm³/mol. The number of sulfonamides is 1. The quantitative estimate of drug-likeness (QED) is 0.753. The predicted octanol–water partition coefficient (Wildman–Crippen LogP) is 3.62. The van der Waals surface area contributed by atoms with E-state index in [4.69, 9.17) is 11.6 Å². The molecule has 0 aromatic carbocycles. The van der Waals surface area contributed by atoms with Crippen LogP contribution < -0.4 is 4.72 Å². The van der Waals surface area contributed by atoms with Crippen LogP contribution >= 0.6 is 54.8 Å². The van der Waals surface area contributed by atoms with Crippen LogP contribution in [0.5, 0.6) is 0 Å². The van der Waals surface area contributed by atoms with E-state index in [1.807, 2.05) is 6.92 Å². The van der Waals surface area contributed by atoms with Crippen LogP contribution in [0.3, 0.4) is 0 Å². The van der Waals surface area contributed by atoms with Gasteiger partial charge in [-0.2, -0.15) is 0 Å². The Kier molecular flexibility index (Phi) is 5.74. The van der Waals surface area contributed by atoms with Crippen LogP contribution in [-0.4, -0.2) is 19.8 Å². The fourth-order valence-electron chi connectivity index (χ4n) is 0.961. The zero-order valence-corrected chi connectivity index (χ0v) is 13.9.